The Balaban J connectivity index is 1.17. The molecule has 0 bridgehead atoms. The number of thiophene rings is 1. The van der Waals surface area contributed by atoms with Gasteiger partial charge in [-0.05, 0) is 69.8 Å². The number of nitrogens with one attached hydrogen (secondary N) is 1. The van der Waals surface area contributed by atoms with Gasteiger partial charge in [-0.1, -0.05) is 121 Å². The topological polar surface area (TPSA) is 75.4 Å². The van der Waals surface area contributed by atoms with Crippen LogP contribution in [-0.2, 0) is 0 Å². The molecule has 4 nitrogen and oxygen atoms in total. The molecule has 9 rings (SSSR count). The van der Waals surface area contributed by atoms with Gasteiger partial charge in [-0.2, -0.15) is 0 Å². The fourth-order valence-corrected chi connectivity index (χ4v) is 7.95. The largest absolute Gasteiger partial charge is 0.456 e. The van der Waals surface area contributed by atoms with E-state index in [2.05, 4.69) is 96.0 Å². The van der Waals surface area contributed by atoms with E-state index in [9.17, 15) is 0 Å². The fourth-order valence-electron chi connectivity index (χ4n) is 6.78. The van der Waals surface area contributed by atoms with E-state index in [0.717, 1.165) is 44.2 Å². The maximum Gasteiger partial charge on any atom is 0.154 e. The zero-order valence-corrected chi connectivity index (χ0v) is 27.2. The molecule has 2 aromatic heterocycles. The van der Waals surface area contributed by atoms with Crippen LogP contribution in [0.1, 0.15) is 11.1 Å². The molecule has 0 aliphatic heterocycles. The first-order valence-electron chi connectivity index (χ1n) is 16.2. The Kier molecular flexibility index (Phi) is 6.92. The maximum atomic E-state index is 8.79. The second kappa shape index (κ2) is 11.7. The van der Waals surface area contributed by atoms with Gasteiger partial charge in [0, 0.05) is 42.1 Å². The van der Waals surface area contributed by atoms with Crippen LogP contribution in [-0.4, -0.2) is 11.7 Å². The molecular weight excluding hydrogens is 619 g/mol. The molecule has 3 N–H and O–H groups in total. The molecular formula is C44H29N3OS. The summed E-state index contributed by atoms with van der Waals surface area (Å²) in [6.07, 6.45) is 0. The van der Waals surface area contributed by atoms with Crippen LogP contribution in [0.3, 0.4) is 0 Å². The number of aliphatic imine (C=N–C) groups is 1. The van der Waals surface area contributed by atoms with Gasteiger partial charge in [0.15, 0.2) is 5.84 Å². The van der Waals surface area contributed by atoms with Gasteiger partial charge in [-0.3, -0.25) is 5.41 Å². The van der Waals surface area contributed by atoms with E-state index in [1.165, 1.54) is 36.9 Å². The van der Waals surface area contributed by atoms with Crippen LogP contribution in [0.2, 0.25) is 0 Å². The van der Waals surface area contributed by atoms with Crippen molar-refractivity contribution in [1.29, 1.82) is 5.41 Å². The predicted molar refractivity (Wildman–Crippen MR) is 207 cm³/mol. The second-order valence-electron chi connectivity index (χ2n) is 12.1. The molecule has 0 aliphatic rings. The molecule has 0 unspecified atom stereocenters. The monoisotopic (exact) mass is 647 g/mol. The van der Waals surface area contributed by atoms with Crippen LogP contribution >= 0.6 is 11.3 Å². The van der Waals surface area contributed by atoms with E-state index in [1.54, 1.807) is 0 Å². The van der Waals surface area contributed by atoms with Crippen molar-refractivity contribution in [3.8, 4) is 33.4 Å². The lowest BCUT2D eigenvalue weighted by atomic mass is 9.93. The Morgan fingerprint density at radius 1 is 0.531 bits per heavy atom. The van der Waals surface area contributed by atoms with E-state index in [0.29, 0.717) is 5.56 Å². The summed E-state index contributed by atoms with van der Waals surface area (Å²) in [4.78, 5) is 4.59. The van der Waals surface area contributed by atoms with Gasteiger partial charge >= 0.3 is 0 Å². The average Bonchev–Trinajstić information content (AvgIpc) is 3.73. The summed E-state index contributed by atoms with van der Waals surface area (Å²) in [5, 5.41) is 13.1. The molecule has 0 amide bonds. The lowest BCUT2D eigenvalue weighted by molar-refractivity contribution is 0.669. The van der Waals surface area contributed by atoms with Crippen molar-refractivity contribution in [3.63, 3.8) is 0 Å². The number of nitrogens with zero attached hydrogens (tertiary/aromatic N) is 1. The van der Waals surface area contributed by atoms with Gasteiger partial charge in [-0.25, -0.2) is 4.99 Å². The molecule has 232 valence electrons. The van der Waals surface area contributed by atoms with Crippen molar-refractivity contribution in [2.24, 2.45) is 10.7 Å². The van der Waals surface area contributed by atoms with Crippen molar-refractivity contribution in [2.75, 3.05) is 0 Å². The molecule has 0 radical (unpaired) electrons. The van der Waals surface area contributed by atoms with E-state index >= 15 is 0 Å². The summed E-state index contributed by atoms with van der Waals surface area (Å²) < 4.78 is 8.87. The number of rotatable bonds is 5. The molecule has 5 heteroatoms. The van der Waals surface area contributed by atoms with E-state index in [4.69, 9.17) is 15.6 Å². The Morgan fingerprint density at radius 2 is 1.20 bits per heavy atom. The van der Waals surface area contributed by atoms with Gasteiger partial charge in [-0.15, -0.1) is 11.3 Å². The zero-order chi connectivity index (χ0) is 32.9. The number of benzene rings is 7. The van der Waals surface area contributed by atoms with Crippen LogP contribution in [0.4, 0.5) is 0 Å². The molecule has 2 heterocycles. The number of furan rings is 1. The first-order chi connectivity index (χ1) is 24.1. The van der Waals surface area contributed by atoms with Gasteiger partial charge in [0.2, 0.25) is 0 Å². The maximum absolute atomic E-state index is 8.79. The molecule has 0 aliphatic carbocycles. The number of amidine groups is 2. The van der Waals surface area contributed by atoms with Crippen LogP contribution in [0.15, 0.2) is 167 Å². The zero-order valence-electron chi connectivity index (χ0n) is 26.4. The molecule has 0 saturated heterocycles. The van der Waals surface area contributed by atoms with Gasteiger partial charge in [0.25, 0.3) is 0 Å². The fraction of sp³-hybridized carbons (Fsp3) is 0. The minimum Gasteiger partial charge on any atom is -0.456 e. The van der Waals surface area contributed by atoms with E-state index < -0.39 is 0 Å². The summed E-state index contributed by atoms with van der Waals surface area (Å²) in [6, 6.07) is 54.1. The Hall–Kier alpha value is -6.30. The SMILES string of the molecule is N=C(N=C(N)c1cccc2oc3ccc(-c4cc(-c5ccccc5)cc5sc6ccccc6c45)cc3c12)c1ccc(-c2ccccc2)cc1. The Bertz CT molecular complexity index is 2720. The average molecular weight is 648 g/mol. The first-order valence-corrected chi connectivity index (χ1v) is 17.0. The molecule has 0 spiro atoms. The predicted octanol–water partition coefficient (Wildman–Crippen LogP) is 11.7. The van der Waals surface area contributed by atoms with Gasteiger partial charge in [0.05, 0.1) is 0 Å². The molecule has 0 atom stereocenters. The Labute approximate surface area is 286 Å². The van der Waals surface area contributed by atoms with Crippen molar-refractivity contribution in [2.45, 2.75) is 0 Å². The molecule has 0 fully saturated rings. The summed E-state index contributed by atoms with van der Waals surface area (Å²) in [6.45, 7) is 0. The first kappa shape index (κ1) is 28.9. The summed E-state index contributed by atoms with van der Waals surface area (Å²) in [5.74, 6) is 0.375. The van der Waals surface area contributed by atoms with Crippen molar-refractivity contribution >= 4 is 65.1 Å². The van der Waals surface area contributed by atoms with Crippen LogP contribution in [0.5, 0.6) is 0 Å². The normalized spacial score (nSPS) is 12.0. The lowest BCUT2D eigenvalue weighted by Crippen LogP contribution is -2.16. The van der Waals surface area contributed by atoms with Crippen LogP contribution < -0.4 is 5.73 Å². The highest BCUT2D eigenvalue weighted by Gasteiger charge is 2.18. The summed E-state index contributed by atoms with van der Waals surface area (Å²) in [5.41, 5.74) is 16.5. The highest BCUT2D eigenvalue weighted by atomic mass is 32.1. The van der Waals surface area contributed by atoms with Crippen molar-refractivity contribution in [1.82, 2.24) is 0 Å². The number of hydrogen-bond acceptors (Lipinski definition) is 3. The third-order valence-corrected chi connectivity index (χ3v) is 10.3. The minimum atomic E-state index is 0.104. The standard InChI is InChI=1S/C44H29N3OS/c45-43(30-20-18-29(19-21-30)27-10-3-1-4-11-27)47-44(46)34-15-9-16-38-41(34)36-24-31(22-23-37(36)48-38)35-25-32(28-12-5-2-6-13-28)26-40-42(35)33-14-7-8-17-39(33)49-40/h1-26H,(H3,45,46,47). The van der Waals surface area contributed by atoms with Crippen LogP contribution in [0.25, 0.3) is 75.5 Å². The lowest BCUT2D eigenvalue weighted by Gasteiger charge is -2.10. The molecule has 0 saturated carbocycles. The number of hydrogen-bond donors (Lipinski definition) is 2. The smallest absolute Gasteiger partial charge is 0.154 e. The van der Waals surface area contributed by atoms with E-state index in [-0.39, 0.29) is 11.7 Å². The van der Waals surface area contributed by atoms with Crippen molar-refractivity contribution in [3.05, 3.63) is 169 Å². The summed E-state index contributed by atoms with van der Waals surface area (Å²) in [7, 11) is 0. The molecule has 9 aromatic rings. The van der Waals surface area contributed by atoms with Crippen molar-refractivity contribution < 1.29 is 4.42 Å². The second-order valence-corrected chi connectivity index (χ2v) is 13.2. The highest BCUT2D eigenvalue weighted by molar-refractivity contribution is 7.26. The molecule has 49 heavy (non-hydrogen) atoms. The van der Waals surface area contributed by atoms with E-state index in [1.807, 2.05) is 78.1 Å². The number of nitrogens with two attached hydrogens (primary N) is 1. The highest BCUT2D eigenvalue weighted by Crippen LogP contribution is 2.44. The van der Waals surface area contributed by atoms with Gasteiger partial charge < -0.3 is 10.2 Å². The summed E-state index contributed by atoms with van der Waals surface area (Å²) >= 11 is 1.83. The minimum absolute atomic E-state index is 0.104. The Morgan fingerprint density at radius 3 is 1.98 bits per heavy atom. The quantitative estimate of drug-likeness (QED) is 0.144. The van der Waals surface area contributed by atoms with Crippen LogP contribution in [0, 0.1) is 5.41 Å². The third-order valence-electron chi connectivity index (χ3n) is 9.17. The third kappa shape index (κ3) is 5.08. The molecule has 7 aromatic carbocycles. The number of fused-ring (bicyclic) bond motifs is 6. The van der Waals surface area contributed by atoms with Gasteiger partial charge in [0.1, 0.15) is 17.0 Å².